The Morgan fingerprint density at radius 1 is 1.26 bits per heavy atom. The van der Waals surface area contributed by atoms with Gasteiger partial charge in [-0.15, -0.1) is 11.3 Å². The number of aromatic nitrogens is 2. The summed E-state index contributed by atoms with van der Waals surface area (Å²) in [6, 6.07) is 1.44. The Balaban J connectivity index is 1.63. The van der Waals surface area contributed by atoms with Crippen molar-refractivity contribution in [3.8, 4) is 10.6 Å². The van der Waals surface area contributed by atoms with Gasteiger partial charge >= 0.3 is 11.6 Å². The molecule has 2 atom stereocenters. The van der Waals surface area contributed by atoms with Crippen LogP contribution in [0.1, 0.15) is 6.42 Å². The zero-order chi connectivity index (χ0) is 22.1. The maximum Gasteiger partial charge on any atom is 0.501 e. The van der Waals surface area contributed by atoms with E-state index in [-0.39, 0.29) is 36.8 Å². The van der Waals surface area contributed by atoms with Gasteiger partial charge in [-0.3, -0.25) is 4.90 Å². The second-order valence-corrected chi connectivity index (χ2v) is 10.0. The maximum atomic E-state index is 13.2. The molecule has 0 spiro atoms. The number of benzene rings is 1. The third-order valence-corrected chi connectivity index (χ3v) is 7.76. The van der Waals surface area contributed by atoms with Crippen LogP contribution in [0.4, 0.5) is 24.0 Å². The van der Waals surface area contributed by atoms with Gasteiger partial charge in [-0.1, -0.05) is 0 Å². The summed E-state index contributed by atoms with van der Waals surface area (Å²) in [5.74, 6) is 0. The van der Waals surface area contributed by atoms with E-state index < -0.39 is 31.9 Å². The Morgan fingerprint density at radius 2 is 1.97 bits per heavy atom. The summed E-state index contributed by atoms with van der Waals surface area (Å²) in [6.07, 6.45) is 1.13. The first-order valence-corrected chi connectivity index (χ1v) is 11.3. The lowest BCUT2D eigenvalue weighted by atomic mass is 9.88. The Hall–Kier alpha value is -2.87. The SMILES string of the molecule is O=C(O)N1C2CC1CN(c1nc3c(S(=O)(=O)C(F)(F)F)ccc(-c4nccs4)c3o1)C2. The van der Waals surface area contributed by atoms with Gasteiger partial charge in [0.15, 0.2) is 5.58 Å². The number of thiazole rings is 1. The molecule has 6 rings (SSSR count). The molecule has 1 amide bonds. The van der Waals surface area contributed by atoms with Crippen LogP contribution in [0.25, 0.3) is 21.7 Å². The topological polar surface area (TPSA) is 117 Å². The first-order chi connectivity index (χ1) is 14.6. The van der Waals surface area contributed by atoms with Gasteiger partial charge in [0.05, 0.1) is 17.6 Å². The summed E-state index contributed by atoms with van der Waals surface area (Å²) in [7, 11) is -5.67. The molecule has 0 radical (unpaired) electrons. The van der Waals surface area contributed by atoms with Crippen molar-refractivity contribution in [3.05, 3.63) is 23.7 Å². The van der Waals surface area contributed by atoms with Gasteiger partial charge in [-0.25, -0.2) is 18.2 Å². The number of oxazole rings is 1. The molecule has 164 valence electrons. The number of piperidine rings is 1. The number of alkyl halides is 3. The first kappa shape index (κ1) is 20.1. The van der Waals surface area contributed by atoms with Gasteiger partial charge in [0, 0.05) is 24.7 Å². The van der Waals surface area contributed by atoms with Gasteiger partial charge < -0.3 is 14.4 Å². The highest BCUT2D eigenvalue weighted by molar-refractivity contribution is 7.92. The van der Waals surface area contributed by atoms with Crippen molar-refractivity contribution in [1.82, 2.24) is 14.9 Å². The van der Waals surface area contributed by atoms with Crippen molar-refractivity contribution < 1.29 is 35.9 Å². The van der Waals surface area contributed by atoms with E-state index >= 15 is 0 Å². The predicted octanol–water partition coefficient (Wildman–Crippen LogP) is 3.19. The molecule has 3 saturated heterocycles. The van der Waals surface area contributed by atoms with Crippen molar-refractivity contribution in [2.24, 2.45) is 0 Å². The standard InChI is InChI=1S/C17H13F3N4O5S2/c18-17(19,20)31(27,28)11-2-1-10(14-21-3-4-30-14)13-12(11)22-15(29-13)23-6-8-5-9(7-23)24(8)16(25)26/h1-4,8-9H,5-7H2,(H,25,26). The number of hydrogen-bond acceptors (Lipinski definition) is 8. The number of piperazine rings is 1. The van der Waals surface area contributed by atoms with Crippen molar-refractivity contribution >= 4 is 44.4 Å². The Kier molecular flexibility index (Phi) is 4.25. The van der Waals surface area contributed by atoms with E-state index in [1.54, 1.807) is 10.3 Å². The fourth-order valence-corrected chi connectivity index (χ4v) is 5.60. The third-order valence-electron chi connectivity index (χ3n) is 5.44. The summed E-state index contributed by atoms with van der Waals surface area (Å²) < 4.78 is 69.7. The number of sulfone groups is 1. The Labute approximate surface area is 176 Å². The third kappa shape index (κ3) is 2.96. The van der Waals surface area contributed by atoms with E-state index in [0.717, 1.165) is 6.07 Å². The van der Waals surface area contributed by atoms with E-state index in [0.29, 0.717) is 17.0 Å². The highest BCUT2D eigenvalue weighted by atomic mass is 32.2. The molecule has 1 N–H and O–H groups in total. The summed E-state index contributed by atoms with van der Waals surface area (Å²) in [6.45, 7) is 0.479. The van der Waals surface area contributed by atoms with E-state index in [1.807, 2.05) is 0 Å². The number of carbonyl (C=O) groups is 1. The zero-order valence-electron chi connectivity index (χ0n) is 15.4. The number of anilines is 1. The fourth-order valence-electron chi connectivity index (χ4n) is 4.05. The molecule has 14 heteroatoms. The molecule has 3 fully saturated rings. The summed E-state index contributed by atoms with van der Waals surface area (Å²) in [5, 5.41) is 11.3. The van der Waals surface area contributed by atoms with Crippen LogP contribution in [-0.4, -0.2) is 65.2 Å². The van der Waals surface area contributed by atoms with Crippen LogP contribution >= 0.6 is 11.3 Å². The molecule has 3 aliphatic heterocycles. The minimum Gasteiger partial charge on any atom is -0.465 e. The van der Waals surface area contributed by atoms with Crippen molar-refractivity contribution in [2.45, 2.75) is 28.9 Å². The van der Waals surface area contributed by atoms with Gasteiger partial charge in [0.1, 0.15) is 15.4 Å². The fraction of sp³-hybridized carbons (Fsp3) is 0.353. The lowest BCUT2D eigenvalue weighted by Gasteiger charge is -2.54. The van der Waals surface area contributed by atoms with Gasteiger partial charge in [-0.2, -0.15) is 18.2 Å². The average Bonchev–Trinajstić information content (AvgIpc) is 3.36. The van der Waals surface area contributed by atoms with Gasteiger partial charge in [-0.05, 0) is 18.6 Å². The highest BCUT2D eigenvalue weighted by Crippen LogP contribution is 2.41. The monoisotopic (exact) mass is 474 g/mol. The molecule has 2 bridgehead atoms. The molecular weight excluding hydrogens is 461 g/mol. The quantitative estimate of drug-likeness (QED) is 0.615. The van der Waals surface area contributed by atoms with Gasteiger partial charge in [0.25, 0.3) is 15.9 Å². The van der Waals surface area contributed by atoms with Gasteiger partial charge in [0.2, 0.25) is 0 Å². The number of amides is 1. The number of fused-ring (bicyclic) bond motifs is 3. The van der Waals surface area contributed by atoms with E-state index in [9.17, 15) is 31.5 Å². The molecule has 0 aliphatic carbocycles. The molecule has 3 aliphatic rings. The number of rotatable bonds is 3. The molecule has 1 aromatic carbocycles. The smallest absolute Gasteiger partial charge is 0.465 e. The van der Waals surface area contributed by atoms with Crippen LogP contribution in [0.15, 0.2) is 33.0 Å². The Morgan fingerprint density at radius 3 is 2.55 bits per heavy atom. The maximum absolute atomic E-state index is 13.2. The first-order valence-electron chi connectivity index (χ1n) is 8.99. The minimum absolute atomic E-state index is 0.0580. The highest BCUT2D eigenvalue weighted by Gasteiger charge is 2.50. The molecule has 3 aromatic rings. The summed E-state index contributed by atoms with van der Waals surface area (Å²) in [4.78, 5) is 21.5. The second-order valence-electron chi connectivity index (χ2n) is 7.21. The molecule has 0 saturated carbocycles. The molecule has 31 heavy (non-hydrogen) atoms. The summed E-state index contributed by atoms with van der Waals surface area (Å²) >= 11 is 1.21. The van der Waals surface area contributed by atoms with Crippen LogP contribution in [0.3, 0.4) is 0 Å². The number of halogens is 3. The molecular formula is C17H13F3N4O5S2. The van der Waals surface area contributed by atoms with Crippen molar-refractivity contribution in [3.63, 3.8) is 0 Å². The van der Waals surface area contributed by atoms with E-state index in [1.165, 1.54) is 28.5 Å². The lowest BCUT2D eigenvalue weighted by molar-refractivity contribution is -0.0435. The minimum atomic E-state index is -5.67. The van der Waals surface area contributed by atoms with Crippen LogP contribution in [0, 0.1) is 0 Å². The zero-order valence-corrected chi connectivity index (χ0v) is 17.0. The molecule has 2 aromatic heterocycles. The lowest BCUT2D eigenvalue weighted by Crippen LogP contribution is -2.70. The molecule has 5 heterocycles. The summed E-state index contributed by atoms with van der Waals surface area (Å²) in [5.41, 5.74) is -5.74. The number of hydrogen-bond donors (Lipinski definition) is 1. The van der Waals surface area contributed by atoms with Crippen LogP contribution in [-0.2, 0) is 9.84 Å². The van der Waals surface area contributed by atoms with E-state index in [2.05, 4.69) is 9.97 Å². The van der Waals surface area contributed by atoms with E-state index in [4.69, 9.17) is 4.42 Å². The largest absolute Gasteiger partial charge is 0.501 e. The van der Waals surface area contributed by atoms with Crippen LogP contribution in [0.5, 0.6) is 0 Å². The van der Waals surface area contributed by atoms with Crippen LogP contribution in [0.2, 0.25) is 0 Å². The normalized spacial score (nSPS) is 21.4. The Bertz CT molecular complexity index is 1280. The number of carboxylic acid groups (broad SMARTS) is 1. The number of nitrogens with zero attached hydrogens (tertiary/aromatic N) is 4. The average molecular weight is 474 g/mol. The molecule has 9 nitrogen and oxygen atoms in total. The van der Waals surface area contributed by atoms with Crippen molar-refractivity contribution in [2.75, 3.05) is 18.0 Å². The second kappa shape index (κ2) is 6.56. The predicted molar refractivity (Wildman–Crippen MR) is 103 cm³/mol. The van der Waals surface area contributed by atoms with Crippen LogP contribution < -0.4 is 4.90 Å². The molecule has 2 unspecified atom stereocenters. The van der Waals surface area contributed by atoms with Crippen molar-refractivity contribution in [1.29, 1.82) is 0 Å².